The number of halogens is 2. The largest absolute Gasteiger partial charge is 0.355 e. The van der Waals surface area contributed by atoms with Crippen molar-refractivity contribution in [3.05, 3.63) is 51.9 Å². The van der Waals surface area contributed by atoms with Crippen molar-refractivity contribution in [2.24, 2.45) is 0 Å². The minimum atomic E-state index is 0.469. The SMILES string of the molecule is CN(c1ccnc(C2CC2)n1)C1CCN(Cc2cc(Cl)cc(Cl)c2)C1. The van der Waals surface area contributed by atoms with Crippen LogP contribution in [0.5, 0.6) is 0 Å². The Morgan fingerprint density at radius 1 is 1.16 bits per heavy atom. The maximum absolute atomic E-state index is 6.11. The molecule has 0 radical (unpaired) electrons. The van der Waals surface area contributed by atoms with Gasteiger partial charge in [0, 0.05) is 54.9 Å². The van der Waals surface area contributed by atoms with Crippen molar-refractivity contribution in [2.75, 3.05) is 25.0 Å². The summed E-state index contributed by atoms with van der Waals surface area (Å²) in [4.78, 5) is 14.0. The van der Waals surface area contributed by atoms with Gasteiger partial charge in [-0.3, -0.25) is 4.90 Å². The molecule has 2 fully saturated rings. The molecular weight excluding hydrogens is 355 g/mol. The summed E-state index contributed by atoms with van der Waals surface area (Å²) < 4.78 is 0. The Bertz CT molecular complexity index is 743. The van der Waals surface area contributed by atoms with E-state index < -0.39 is 0 Å². The highest BCUT2D eigenvalue weighted by Gasteiger charge is 2.29. The number of anilines is 1. The van der Waals surface area contributed by atoms with Crippen LogP contribution in [-0.2, 0) is 6.54 Å². The van der Waals surface area contributed by atoms with E-state index in [2.05, 4.69) is 21.8 Å². The van der Waals surface area contributed by atoms with Crippen LogP contribution in [0.15, 0.2) is 30.5 Å². The third-order valence-corrected chi connectivity index (χ3v) is 5.52. The molecule has 1 aromatic heterocycles. The van der Waals surface area contributed by atoms with Crippen molar-refractivity contribution in [3.8, 4) is 0 Å². The molecule has 1 aromatic carbocycles. The fourth-order valence-electron chi connectivity index (χ4n) is 3.52. The van der Waals surface area contributed by atoms with E-state index in [1.165, 1.54) is 18.4 Å². The lowest BCUT2D eigenvalue weighted by Gasteiger charge is -2.26. The second-order valence-electron chi connectivity index (χ2n) is 7.11. The van der Waals surface area contributed by atoms with Crippen molar-refractivity contribution >= 4 is 29.0 Å². The van der Waals surface area contributed by atoms with Crippen LogP contribution in [0.1, 0.15) is 36.6 Å². The summed E-state index contributed by atoms with van der Waals surface area (Å²) in [6.07, 6.45) is 5.49. The molecular formula is C19H22Cl2N4. The number of rotatable bonds is 5. The van der Waals surface area contributed by atoms with Gasteiger partial charge in [-0.05, 0) is 49.1 Å². The molecule has 4 nitrogen and oxygen atoms in total. The summed E-state index contributed by atoms with van der Waals surface area (Å²) in [5, 5.41) is 1.40. The van der Waals surface area contributed by atoms with Crippen molar-refractivity contribution in [1.82, 2.24) is 14.9 Å². The average Bonchev–Trinajstić information content (AvgIpc) is 3.33. The van der Waals surface area contributed by atoms with Gasteiger partial charge in [0.2, 0.25) is 0 Å². The van der Waals surface area contributed by atoms with E-state index in [9.17, 15) is 0 Å². The standard InChI is InChI=1S/C19H22Cl2N4/c1-24(18-4-6-22-19(23-18)14-2-3-14)17-5-7-25(12-17)11-13-8-15(20)10-16(21)9-13/h4,6,8-10,14,17H,2-3,5,7,11-12H2,1H3. The van der Waals surface area contributed by atoms with Crippen LogP contribution >= 0.6 is 23.2 Å². The lowest BCUT2D eigenvalue weighted by molar-refractivity contribution is 0.326. The number of likely N-dealkylation sites (tertiary alicyclic amines) is 1. The Balaban J connectivity index is 1.40. The monoisotopic (exact) mass is 376 g/mol. The molecule has 0 bridgehead atoms. The molecule has 1 atom stereocenters. The topological polar surface area (TPSA) is 32.3 Å². The highest BCUT2D eigenvalue weighted by molar-refractivity contribution is 6.34. The smallest absolute Gasteiger partial charge is 0.133 e. The molecule has 0 N–H and O–H groups in total. The van der Waals surface area contributed by atoms with Crippen LogP contribution in [-0.4, -0.2) is 41.0 Å². The van der Waals surface area contributed by atoms with E-state index in [-0.39, 0.29) is 0 Å². The minimum absolute atomic E-state index is 0.469. The van der Waals surface area contributed by atoms with Gasteiger partial charge >= 0.3 is 0 Å². The minimum Gasteiger partial charge on any atom is -0.355 e. The lowest BCUT2D eigenvalue weighted by Crippen LogP contribution is -2.35. The van der Waals surface area contributed by atoms with Gasteiger partial charge in [0.05, 0.1) is 0 Å². The van der Waals surface area contributed by atoms with Crippen molar-refractivity contribution < 1.29 is 0 Å². The Morgan fingerprint density at radius 3 is 2.64 bits per heavy atom. The molecule has 6 heteroatoms. The van der Waals surface area contributed by atoms with Crippen LogP contribution in [0.2, 0.25) is 10.0 Å². The zero-order chi connectivity index (χ0) is 17.4. The van der Waals surface area contributed by atoms with Crippen molar-refractivity contribution in [3.63, 3.8) is 0 Å². The number of hydrogen-bond donors (Lipinski definition) is 0. The predicted molar refractivity (Wildman–Crippen MR) is 103 cm³/mol. The number of aromatic nitrogens is 2. The molecule has 2 aliphatic rings. The quantitative estimate of drug-likeness (QED) is 0.775. The van der Waals surface area contributed by atoms with Gasteiger partial charge in [-0.15, -0.1) is 0 Å². The van der Waals surface area contributed by atoms with Crippen molar-refractivity contribution in [2.45, 2.75) is 37.8 Å². The number of hydrogen-bond acceptors (Lipinski definition) is 4. The molecule has 1 saturated carbocycles. The number of benzene rings is 1. The lowest BCUT2D eigenvalue weighted by atomic mass is 10.2. The zero-order valence-electron chi connectivity index (χ0n) is 14.3. The van der Waals surface area contributed by atoms with E-state index in [1.807, 2.05) is 24.4 Å². The van der Waals surface area contributed by atoms with Crippen LogP contribution in [0, 0.1) is 0 Å². The van der Waals surface area contributed by atoms with Gasteiger partial charge in [0.1, 0.15) is 11.6 Å². The second-order valence-corrected chi connectivity index (χ2v) is 7.99. The second kappa shape index (κ2) is 7.10. The molecule has 1 aliphatic carbocycles. The third-order valence-electron chi connectivity index (χ3n) is 5.09. The molecule has 0 spiro atoms. The van der Waals surface area contributed by atoms with Crippen LogP contribution < -0.4 is 4.90 Å². The Morgan fingerprint density at radius 2 is 1.92 bits per heavy atom. The maximum atomic E-state index is 6.11. The van der Waals surface area contributed by atoms with E-state index in [0.717, 1.165) is 37.7 Å². The zero-order valence-corrected chi connectivity index (χ0v) is 15.8. The molecule has 0 amide bonds. The first kappa shape index (κ1) is 17.1. The Labute approximate surface area is 158 Å². The molecule has 132 valence electrons. The average molecular weight is 377 g/mol. The highest BCUT2D eigenvalue weighted by atomic mass is 35.5. The maximum Gasteiger partial charge on any atom is 0.133 e. The summed E-state index contributed by atoms with van der Waals surface area (Å²) in [5.74, 6) is 2.63. The number of likely N-dealkylation sites (N-methyl/N-ethyl adjacent to an activating group) is 1. The first-order valence-electron chi connectivity index (χ1n) is 8.81. The highest BCUT2D eigenvalue weighted by Crippen LogP contribution is 2.38. The van der Waals surface area contributed by atoms with E-state index in [0.29, 0.717) is 22.0 Å². The first-order chi connectivity index (χ1) is 12.1. The molecule has 1 saturated heterocycles. The van der Waals surface area contributed by atoms with Gasteiger partial charge in [-0.25, -0.2) is 9.97 Å². The summed E-state index contributed by atoms with van der Waals surface area (Å²) >= 11 is 12.2. The van der Waals surface area contributed by atoms with Gasteiger partial charge < -0.3 is 4.90 Å². The summed E-state index contributed by atoms with van der Waals surface area (Å²) in [6.45, 7) is 2.96. The predicted octanol–water partition coefficient (Wildman–Crippen LogP) is 4.37. The van der Waals surface area contributed by atoms with E-state index >= 15 is 0 Å². The fraction of sp³-hybridized carbons (Fsp3) is 0.474. The molecule has 4 rings (SSSR count). The summed E-state index contributed by atoms with van der Waals surface area (Å²) in [5.41, 5.74) is 1.17. The van der Waals surface area contributed by atoms with Gasteiger partial charge in [-0.1, -0.05) is 23.2 Å². The summed E-state index contributed by atoms with van der Waals surface area (Å²) in [7, 11) is 2.14. The third kappa shape index (κ3) is 4.08. The summed E-state index contributed by atoms with van der Waals surface area (Å²) in [6, 6.07) is 8.26. The van der Waals surface area contributed by atoms with Gasteiger partial charge in [0.25, 0.3) is 0 Å². The van der Waals surface area contributed by atoms with E-state index in [1.54, 1.807) is 6.07 Å². The van der Waals surface area contributed by atoms with E-state index in [4.69, 9.17) is 28.2 Å². The Hall–Kier alpha value is -1.36. The first-order valence-corrected chi connectivity index (χ1v) is 9.57. The van der Waals surface area contributed by atoms with Crippen LogP contribution in [0.4, 0.5) is 5.82 Å². The molecule has 2 heterocycles. The molecule has 2 aromatic rings. The van der Waals surface area contributed by atoms with Crippen molar-refractivity contribution in [1.29, 1.82) is 0 Å². The van der Waals surface area contributed by atoms with Crippen LogP contribution in [0.3, 0.4) is 0 Å². The molecule has 1 aliphatic heterocycles. The molecule has 1 unspecified atom stereocenters. The van der Waals surface area contributed by atoms with Gasteiger partial charge in [0.15, 0.2) is 0 Å². The van der Waals surface area contributed by atoms with Crippen LogP contribution in [0.25, 0.3) is 0 Å². The van der Waals surface area contributed by atoms with Gasteiger partial charge in [-0.2, -0.15) is 0 Å². The normalized spacial score (nSPS) is 20.8. The Kier molecular flexibility index (Phi) is 4.85. The number of nitrogens with zero attached hydrogens (tertiary/aromatic N) is 4. The molecule has 25 heavy (non-hydrogen) atoms. The fourth-order valence-corrected chi connectivity index (χ4v) is 4.09.